The highest BCUT2D eigenvalue weighted by molar-refractivity contribution is 5.20. The number of hydrogen-bond acceptors (Lipinski definition) is 1. The largest absolute Gasteiger partial charge is 0.394 e. The molecule has 0 aromatic rings. The van der Waals surface area contributed by atoms with Crippen LogP contribution in [0.5, 0.6) is 0 Å². The Labute approximate surface area is 199 Å². The molecular formula is C30H59N. The molecule has 0 aliphatic rings. The van der Waals surface area contributed by atoms with E-state index in [2.05, 4.69) is 70.5 Å². The molecule has 0 bridgehead atoms. The molecule has 0 aliphatic carbocycles. The van der Waals surface area contributed by atoms with Crippen molar-refractivity contribution in [3.63, 3.8) is 0 Å². The lowest BCUT2D eigenvalue weighted by molar-refractivity contribution is 1.01. The average molecular weight is 434 g/mol. The first-order valence-electron chi connectivity index (χ1n) is 12.2. The van der Waals surface area contributed by atoms with Gasteiger partial charge in [-0.15, -0.1) is 0 Å². The number of nitrogens with one attached hydrogen (secondary N) is 1. The van der Waals surface area contributed by atoms with E-state index in [1.54, 1.807) is 12.2 Å². The van der Waals surface area contributed by atoms with E-state index in [1.807, 2.05) is 80.8 Å². The molecule has 0 unspecified atom stereocenters. The molecule has 1 N–H and O–H groups in total. The van der Waals surface area contributed by atoms with Gasteiger partial charge in [-0.1, -0.05) is 141 Å². The minimum atomic E-state index is 1.10. The predicted molar refractivity (Wildman–Crippen MR) is 154 cm³/mol. The Balaban J connectivity index is -0.0000000675. The summed E-state index contributed by atoms with van der Waals surface area (Å²) in [6.07, 6.45) is 21.2. The first-order valence-corrected chi connectivity index (χ1v) is 12.2. The summed E-state index contributed by atoms with van der Waals surface area (Å²) in [5.41, 5.74) is 4.10. The molecule has 31 heavy (non-hydrogen) atoms. The normalized spacial score (nSPS) is 10.4. The molecule has 0 radical (unpaired) electrons. The maximum absolute atomic E-state index is 3.59. The smallest absolute Gasteiger partial charge is 0.00276 e. The fourth-order valence-electron chi connectivity index (χ4n) is 1.57. The third-order valence-corrected chi connectivity index (χ3v) is 3.40. The van der Waals surface area contributed by atoms with Gasteiger partial charge in [0, 0.05) is 7.05 Å². The molecule has 0 saturated carbocycles. The molecule has 0 spiro atoms. The highest BCUT2D eigenvalue weighted by Gasteiger charge is 1.81. The van der Waals surface area contributed by atoms with Crippen molar-refractivity contribution in [1.29, 1.82) is 0 Å². The van der Waals surface area contributed by atoms with Crippen LogP contribution in [-0.2, 0) is 0 Å². The van der Waals surface area contributed by atoms with Gasteiger partial charge in [0.25, 0.3) is 0 Å². The van der Waals surface area contributed by atoms with Crippen LogP contribution >= 0.6 is 0 Å². The Bertz CT molecular complexity index is 423. The van der Waals surface area contributed by atoms with Gasteiger partial charge in [-0.25, -0.2) is 0 Å². The lowest BCUT2D eigenvalue weighted by atomic mass is 10.2. The minimum Gasteiger partial charge on any atom is -0.394 e. The molecule has 0 aliphatic heterocycles. The summed E-state index contributed by atoms with van der Waals surface area (Å²) < 4.78 is 0. The van der Waals surface area contributed by atoms with Crippen LogP contribution in [0.2, 0.25) is 0 Å². The van der Waals surface area contributed by atoms with Crippen molar-refractivity contribution in [3.8, 4) is 0 Å². The first-order chi connectivity index (χ1) is 15.0. The molecule has 1 heteroatoms. The standard InChI is InChI=1S/2C9H14.C6H13N.3C2H6/c2*1-4-7-8-9(5-2)6-3;1-4-6(2)5-7-3;3*1-2/h2*4-5,7-8H,1,6H2,2-3H3;5,7H,4H2,1-3H3;3*1-2H3/b2*8-7-,9-5-;6-5-;;;. The number of allylic oxidation sites excluding steroid dienone is 11. The van der Waals surface area contributed by atoms with Gasteiger partial charge >= 0.3 is 0 Å². The van der Waals surface area contributed by atoms with Crippen molar-refractivity contribution in [2.45, 2.75) is 102 Å². The minimum absolute atomic E-state index is 1.10. The van der Waals surface area contributed by atoms with Gasteiger partial charge in [0.1, 0.15) is 0 Å². The summed E-state index contributed by atoms with van der Waals surface area (Å²) in [6, 6.07) is 0. The fourth-order valence-corrected chi connectivity index (χ4v) is 1.57. The molecule has 0 fully saturated rings. The number of rotatable bonds is 8. The van der Waals surface area contributed by atoms with Crippen LogP contribution < -0.4 is 5.32 Å². The van der Waals surface area contributed by atoms with Gasteiger partial charge in [-0.3, -0.25) is 0 Å². The van der Waals surface area contributed by atoms with E-state index in [0.29, 0.717) is 0 Å². The summed E-state index contributed by atoms with van der Waals surface area (Å²) >= 11 is 0. The maximum Gasteiger partial charge on any atom is 0.00276 e. The lowest BCUT2D eigenvalue weighted by Crippen LogP contribution is -1.93. The molecular weight excluding hydrogens is 374 g/mol. The third-order valence-electron chi connectivity index (χ3n) is 3.40. The zero-order valence-corrected chi connectivity index (χ0v) is 23.7. The van der Waals surface area contributed by atoms with E-state index < -0.39 is 0 Å². The summed E-state index contributed by atoms with van der Waals surface area (Å²) in [7, 11) is 1.92. The highest BCUT2D eigenvalue weighted by atomic mass is 14.8. The van der Waals surface area contributed by atoms with Crippen molar-refractivity contribution < 1.29 is 0 Å². The van der Waals surface area contributed by atoms with Crippen molar-refractivity contribution >= 4 is 0 Å². The summed E-state index contributed by atoms with van der Waals surface area (Å²) in [5, 5.41) is 2.96. The monoisotopic (exact) mass is 433 g/mol. The summed E-state index contributed by atoms with van der Waals surface area (Å²) in [4.78, 5) is 0. The summed E-state index contributed by atoms with van der Waals surface area (Å²) in [5.74, 6) is 0. The van der Waals surface area contributed by atoms with Gasteiger partial charge in [0.05, 0.1) is 0 Å². The van der Waals surface area contributed by atoms with Crippen LogP contribution in [0.15, 0.2) is 84.7 Å². The molecule has 0 amide bonds. The van der Waals surface area contributed by atoms with E-state index in [4.69, 9.17) is 0 Å². The van der Waals surface area contributed by atoms with E-state index >= 15 is 0 Å². The molecule has 1 nitrogen and oxygen atoms in total. The highest BCUT2D eigenvalue weighted by Crippen LogP contribution is 2.01. The Kier molecular flexibility index (Phi) is 70.7. The quantitative estimate of drug-likeness (QED) is 0.375. The van der Waals surface area contributed by atoms with E-state index in [9.17, 15) is 0 Å². The van der Waals surface area contributed by atoms with Crippen molar-refractivity contribution in [3.05, 3.63) is 84.7 Å². The van der Waals surface area contributed by atoms with Gasteiger partial charge < -0.3 is 5.32 Å². The Morgan fingerprint density at radius 3 is 1.13 bits per heavy atom. The van der Waals surface area contributed by atoms with Gasteiger partial charge in [-0.05, 0) is 46.2 Å². The van der Waals surface area contributed by atoms with Crippen LogP contribution in [-0.4, -0.2) is 7.05 Å². The molecule has 0 heterocycles. The van der Waals surface area contributed by atoms with Crippen molar-refractivity contribution in [2.75, 3.05) is 7.05 Å². The van der Waals surface area contributed by atoms with E-state index in [1.165, 1.54) is 16.7 Å². The summed E-state index contributed by atoms with van der Waals surface area (Å²) in [6.45, 7) is 31.8. The van der Waals surface area contributed by atoms with Crippen molar-refractivity contribution in [1.82, 2.24) is 5.32 Å². The van der Waals surface area contributed by atoms with Crippen LogP contribution in [0.4, 0.5) is 0 Å². The molecule has 0 atom stereocenters. The topological polar surface area (TPSA) is 12.0 Å². The lowest BCUT2D eigenvalue weighted by Gasteiger charge is -1.91. The Morgan fingerprint density at radius 1 is 0.677 bits per heavy atom. The second-order valence-electron chi connectivity index (χ2n) is 5.26. The van der Waals surface area contributed by atoms with Gasteiger partial charge in [0.2, 0.25) is 0 Å². The van der Waals surface area contributed by atoms with Crippen LogP contribution in [0.1, 0.15) is 102 Å². The molecule has 0 saturated heterocycles. The zero-order chi connectivity index (χ0) is 25.9. The first kappa shape index (κ1) is 43.0. The Hall–Kier alpha value is -2.02. The molecule has 184 valence electrons. The predicted octanol–water partition coefficient (Wildman–Crippen LogP) is 10.8. The maximum atomic E-state index is 3.59. The second-order valence-corrected chi connectivity index (χ2v) is 5.26. The fraction of sp³-hybridized carbons (Fsp3) is 0.533. The SMILES string of the molecule is C=C/C=C\C(=C/C)CC.C=C/C=C\C(=C/C)CC.CC.CC.CC.CC/C(C)=C\NC. The molecule has 0 aromatic heterocycles. The second kappa shape index (κ2) is 51.0. The van der Waals surface area contributed by atoms with Crippen molar-refractivity contribution in [2.24, 2.45) is 0 Å². The Morgan fingerprint density at radius 2 is 1.00 bits per heavy atom. The van der Waals surface area contributed by atoms with Gasteiger partial charge in [-0.2, -0.15) is 0 Å². The van der Waals surface area contributed by atoms with E-state index in [0.717, 1.165) is 19.3 Å². The number of hydrogen-bond donors (Lipinski definition) is 1. The average Bonchev–Trinajstić information content (AvgIpc) is 2.85. The van der Waals surface area contributed by atoms with Crippen LogP contribution in [0.3, 0.4) is 0 Å². The zero-order valence-electron chi connectivity index (χ0n) is 23.7. The molecule has 0 rings (SSSR count). The molecule has 0 aromatic carbocycles. The van der Waals surface area contributed by atoms with Crippen LogP contribution in [0.25, 0.3) is 0 Å². The van der Waals surface area contributed by atoms with Gasteiger partial charge in [0.15, 0.2) is 0 Å². The van der Waals surface area contributed by atoms with E-state index in [-0.39, 0.29) is 0 Å². The van der Waals surface area contributed by atoms with Crippen LogP contribution in [0, 0.1) is 0 Å². The third kappa shape index (κ3) is 52.4.